The minimum Gasteiger partial charge on any atom is -0.345 e. The van der Waals surface area contributed by atoms with Gasteiger partial charge in [-0.3, -0.25) is 9.59 Å². The van der Waals surface area contributed by atoms with Crippen LogP contribution in [-0.4, -0.2) is 36.3 Å². The third-order valence-corrected chi connectivity index (χ3v) is 1.51. The number of likely N-dealkylation sites (N-methyl/N-ethyl adjacent to an activating group) is 1. The predicted octanol–water partition coefficient (Wildman–Crippen LogP) is -1.04. The Morgan fingerprint density at radius 1 is 1.60 bits per heavy atom. The van der Waals surface area contributed by atoms with Gasteiger partial charge in [0.15, 0.2) is 0 Å². The second kappa shape index (κ2) is 2.68. The summed E-state index contributed by atoms with van der Waals surface area (Å²) in [6.45, 7) is 2.85. The molecule has 1 rings (SSSR count). The topological polar surface area (TPSA) is 49.4 Å². The lowest BCUT2D eigenvalue weighted by Crippen LogP contribution is -2.51. The Morgan fingerprint density at radius 2 is 2.30 bits per heavy atom. The fraction of sp³-hybridized carbons (Fsp3) is 0.667. The summed E-state index contributed by atoms with van der Waals surface area (Å²) in [4.78, 5) is 23.1. The highest BCUT2D eigenvalue weighted by molar-refractivity contribution is 5.92. The molecule has 0 aromatic carbocycles. The van der Waals surface area contributed by atoms with Crippen LogP contribution in [0.5, 0.6) is 0 Å². The van der Waals surface area contributed by atoms with Gasteiger partial charge in [0.05, 0.1) is 13.1 Å². The third kappa shape index (κ3) is 1.26. The lowest BCUT2D eigenvalue weighted by atomic mass is 10.3. The lowest BCUT2D eigenvalue weighted by molar-refractivity contribution is -0.140. The highest BCUT2D eigenvalue weighted by Crippen LogP contribution is 1.92. The van der Waals surface area contributed by atoms with E-state index in [0.717, 1.165) is 0 Å². The van der Waals surface area contributed by atoms with E-state index in [1.165, 1.54) is 4.90 Å². The number of hydrogen-bond donors (Lipinski definition) is 1. The van der Waals surface area contributed by atoms with Crippen LogP contribution < -0.4 is 5.32 Å². The molecule has 0 bridgehead atoms. The van der Waals surface area contributed by atoms with E-state index in [-0.39, 0.29) is 24.9 Å². The molecular formula is C6H10N2O2. The molecule has 0 aromatic heterocycles. The molecule has 0 spiro atoms. The quantitative estimate of drug-likeness (QED) is 0.508. The smallest absolute Gasteiger partial charge is 0.242 e. The van der Waals surface area contributed by atoms with Crippen molar-refractivity contribution in [2.45, 2.75) is 6.92 Å². The Bertz CT molecular complexity index is 167. The van der Waals surface area contributed by atoms with E-state index in [1.807, 2.05) is 6.92 Å². The Labute approximate surface area is 59.2 Å². The zero-order chi connectivity index (χ0) is 7.56. The molecule has 4 heteroatoms. The van der Waals surface area contributed by atoms with Crippen LogP contribution in [0.15, 0.2) is 0 Å². The van der Waals surface area contributed by atoms with E-state index < -0.39 is 0 Å². The molecular weight excluding hydrogens is 132 g/mol. The molecule has 1 fully saturated rings. The van der Waals surface area contributed by atoms with Crippen molar-refractivity contribution in [2.75, 3.05) is 19.6 Å². The Morgan fingerprint density at radius 3 is 2.80 bits per heavy atom. The molecule has 4 nitrogen and oxygen atoms in total. The second-order valence-electron chi connectivity index (χ2n) is 2.18. The van der Waals surface area contributed by atoms with Crippen LogP contribution >= 0.6 is 0 Å². The van der Waals surface area contributed by atoms with Crippen molar-refractivity contribution in [3.05, 3.63) is 0 Å². The monoisotopic (exact) mass is 142 g/mol. The molecule has 0 unspecified atom stereocenters. The number of hydrogen-bond acceptors (Lipinski definition) is 2. The van der Waals surface area contributed by atoms with Gasteiger partial charge < -0.3 is 10.2 Å². The van der Waals surface area contributed by atoms with Gasteiger partial charge in [-0.1, -0.05) is 0 Å². The maximum absolute atomic E-state index is 10.9. The van der Waals surface area contributed by atoms with Gasteiger partial charge in [0, 0.05) is 6.54 Å². The summed E-state index contributed by atoms with van der Waals surface area (Å²) in [5, 5.41) is 2.47. The van der Waals surface area contributed by atoms with Crippen molar-refractivity contribution in [1.82, 2.24) is 10.2 Å². The van der Waals surface area contributed by atoms with Crippen LogP contribution in [0.25, 0.3) is 0 Å². The fourth-order valence-electron chi connectivity index (χ4n) is 0.892. The maximum atomic E-state index is 10.9. The first-order valence-electron chi connectivity index (χ1n) is 3.28. The number of carbonyl (C=O) groups excluding carboxylic acids is 2. The number of carbonyl (C=O) groups is 2. The highest BCUT2D eigenvalue weighted by Gasteiger charge is 2.20. The molecule has 2 amide bonds. The Balaban J connectivity index is 2.53. The van der Waals surface area contributed by atoms with Gasteiger partial charge in [-0.15, -0.1) is 0 Å². The van der Waals surface area contributed by atoms with Crippen molar-refractivity contribution in [3.63, 3.8) is 0 Å². The van der Waals surface area contributed by atoms with Crippen LogP contribution in [0.2, 0.25) is 0 Å². The van der Waals surface area contributed by atoms with E-state index in [1.54, 1.807) is 0 Å². The molecule has 1 aliphatic rings. The minimum atomic E-state index is -0.0681. The van der Waals surface area contributed by atoms with Crippen LogP contribution in [0.1, 0.15) is 6.92 Å². The molecule has 0 radical (unpaired) electrons. The molecule has 1 saturated heterocycles. The van der Waals surface area contributed by atoms with Gasteiger partial charge >= 0.3 is 0 Å². The zero-order valence-electron chi connectivity index (χ0n) is 5.89. The summed E-state index contributed by atoms with van der Waals surface area (Å²) in [6.07, 6.45) is 0. The predicted molar refractivity (Wildman–Crippen MR) is 35.3 cm³/mol. The van der Waals surface area contributed by atoms with Gasteiger partial charge in [0.2, 0.25) is 11.8 Å². The number of nitrogens with zero attached hydrogens (tertiary/aromatic N) is 1. The summed E-state index contributed by atoms with van der Waals surface area (Å²) < 4.78 is 0. The molecule has 10 heavy (non-hydrogen) atoms. The normalized spacial score (nSPS) is 19.1. The van der Waals surface area contributed by atoms with Gasteiger partial charge in [0.1, 0.15) is 0 Å². The van der Waals surface area contributed by atoms with Crippen LogP contribution in [0.3, 0.4) is 0 Å². The molecule has 1 aliphatic heterocycles. The zero-order valence-corrected chi connectivity index (χ0v) is 5.89. The van der Waals surface area contributed by atoms with Gasteiger partial charge in [0.25, 0.3) is 0 Å². The van der Waals surface area contributed by atoms with Crippen LogP contribution in [-0.2, 0) is 9.59 Å². The van der Waals surface area contributed by atoms with Crippen LogP contribution in [0.4, 0.5) is 0 Å². The summed E-state index contributed by atoms with van der Waals surface area (Å²) in [5.41, 5.74) is 0. The number of rotatable bonds is 1. The molecule has 0 aromatic rings. The number of piperazine rings is 1. The Kier molecular flexibility index (Phi) is 1.89. The minimum absolute atomic E-state index is 0.00194. The summed E-state index contributed by atoms with van der Waals surface area (Å²) >= 11 is 0. The molecule has 1 N–H and O–H groups in total. The summed E-state index contributed by atoms with van der Waals surface area (Å²) in [7, 11) is 0. The highest BCUT2D eigenvalue weighted by atomic mass is 16.2. The SMILES string of the molecule is CCN1CC(=O)NCC1=O. The van der Waals surface area contributed by atoms with Crippen molar-refractivity contribution < 1.29 is 9.59 Å². The third-order valence-electron chi connectivity index (χ3n) is 1.51. The first-order chi connectivity index (χ1) is 4.74. The van der Waals surface area contributed by atoms with E-state index >= 15 is 0 Å². The summed E-state index contributed by atoms with van der Waals surface area (Å²) in [6, 6.07) is 0. The largest absolute Gasteiger partial charge is 0.345 e. The summed E-state index contributed by atoms with van der Waals surface area (Å²) in [5.74, 6) is -0.0662. The standard InChI is InChI=1S/C6H10N2O2/c1-2-8-4-5(9)7-3-6(8)10/h2-4H2,1H3,(H,7,9). The van der Waals surface area contributed by atoms with E-state index in [9.17, 15) is 9.59 Å². The maximum Gasteiger partial charge on any atom is 0.242 e. The van der Waals surface area contributed by atoms with Crippen LogP contribution in [0, 0.1) is 0 Å². The first-order valence-corrected chi connectivity index (χ1v) is 3.28. The van der Waals surface area contributed by atoms with Crippen molar-refractivity contribution >= 4 is 11.8 Å². The number of nitrogens with one attached hydrogen (secondary N) is 1. The average molecular weight is 142 g/mol. The molecule has 1 heterocycles. The van der Waals surface area contributed by atoms with E-state index in [0.29, 0.717) is 6.54 Å². The van der Waals surface area contributed by atoms with Crippen molar-refractivity contribution in [2.24, 2.45) is 0 Å². The van der Waals surface area contributed by atoms with Gasteiger partial charge in [-0.2, -0.15) is 0 Å². The van der Waals surface area contributed by atoms with Gasteiger partial charge in [-0.05, 0) is 6.92 Å². The Hall–Kier alpha value is -1.06. The first kappa shape index (κ1) is 7.05. The van der Waals surface area contributed by atoms with Gasteiger partial charge in [-0.25, -0.2) is 0 Å². The van der Waals surface area contributed by atoms with Crippen molar-refractivity contribution in [3.8, 4) is 0 Å². The van der Waals surface area contributed by atoms with E-state index in [4.69, 9.17) is 0 Å². The van der Waals surface area contributed by atoms with Crippen molar-refractivity contribution in [1.29, 1.82) is 0 Å². The molecule has 0 saturated carbocycles. The van der Waals surface area contributed by atoms with E-state index in [2.05, 4.69) is 5.32 Å². The lowest BCUT2D eigenvalue weighted by Gasteiger charge is -2.24. The average Bonchev–Trinajstić information content (AvgIpc) is 1.94. The molecule has 56 valence electrons. The number of amides is 2. The second-order valence-corrected chi connectivity index (χ2v) is 2.18. The fourth-order valence-corrected chi connectivity index (χ4v) is 0.892. The molecule has 0 aliphatic carbocycles. The molecule has 0 atom stereocenters.